The zero-order valence-corrected chi connectivity index (χ0v) is 10.2. The zero-order valence-electron chi connectivity index (χ0n) is 10.2. The van der Waals surface area contributed by atoms with Crippen LogP contribution in [0.2, 0.25) is 0 Å². The number of nitrogens with two attached hydrogens (primary N) is 2. The summed E-state index contributed by atoms with van der Waals surface area (Å²) < 4.78 is 13.2. The van der Waals surface area contributed by atoms with Gasteiger partial charge in [0.05, 0.1) is 5.92 Å². The first-order chi connectivity index (χ1) is 8.61. The summed E-state index contributed by atoms with van der Waals surface area (Å²) in [7, 11) is 0. The van der Waals surface area contributed by atoms with E-state index in [1.165, 1.54) is 12.1 Å². The van der Waals surface area contributed by atoms with Gasteiger partial charge in [0.15, 0.2) is 0 Å². The summed E-state index contributed by atoms with van der Waals surface area (Å²) in [6.07, 6.45) is 0.751. The van der Waals surface area contributed by atoms with Crippen LogP contribution < -0.4 is 11.5 Å². The van der Waals surface area contributed by atoms with Gasteiger partial charge in [-0.2, -0.15) is 0 Å². The van der Waals surface area contributed by atoms with Crippen LogP contribution in [-0.4, -0.2) is 30.4 Å². The van der Waals surface area contributed by atoms with E-state index >= 15 is 0 Å². The van der Waals surface area contributed by atoms with Crippen LogP contribution in [0.4, 0.5) is 4.39 Å². The third-order valence-electron chi connectivity index (χ3n) is 3.52. The molecule has 1 fully saturated rings. The van der Waals surface area contributed by atoms with Gasteiger partial charge in [0.2, 0.25) is 5.91 Å². The van der Waals surface area contributed by atoms with Crippen LogP contribution in [0.15, 0.2) is 24.3 Å². The highest BCUT2D eigenvalue weighted by molar-refractivity contribution is 5.77. The lowest BCUT2D eigenvalue weighted by Gasteiger charge is -2.27. The molecule has 1 heterocycles. The molecule has 1 saturated heterocycles. The van der Waals surface area contributed by atoms with Crippen LogP contribution in [-0.2, 0) is 4.79 Å². The van der Waals surface area contributed by atoms with Gasteiger partial charge in [-0.1, -0.05) is 12.1 Å². The molecule has 5 heteroatoms. The van der Waals surface area contributed by atoms with E-state index in [0.29, 0.717) is 13.1 Å². The zero-order chi connectivity index (χ0) is 13.1. The molecular formula is C13H18FN3O. The molecule has 0 aromatic heterocycles. The maximum atomic E-state index is 13.2. The Balaban J connectivity index is 2.13. The van der Waals surface area contributed by atoms with Gasteiger partial charge in [0.25, 0.3) is 0 Å². The van der Waals surface area contributed by atoms with Gasteiger partial charge in [0, 0.05) is 19.1 Å². The molecule has 0 aliphatic carbocycles. The highest BCUT2D eigenvalue weighted by Gasteiger charge is 2.31. The molecule has 1 aromatic rings. The van der Waals surface area contributed by atoms with Gasteiger partial charge in [-0.25, -0.2) is 4.39 Å². The Kier molecular flexibility index (Phi) is 3.93. The quantitative estimate of drug-likeness (QED) is 0.824. The minimum atomic E-state index is -0.271. The largest absolute Gasteiger partial charge is 0.369 e. The first-order valence-corrected chi connectivity index (χ1v) is 6.10. The molecule has 2 atom stereocenters. The average Bonchev–Trinajstić information content (AvgIpc) is 2.80. The van der Waals surface area contributed by atoms with E-state index in [-0.39, 0.29) is 23.7 Å². The molecule has 1 aromatic carbocycles. The van der Waals surface area contributed by atoms with Crippen LogP contribution in [0.1, 0.15) is 18.0 Å². The third-order valence-corrected chi connectivity index (χ3v) is 3.52. The summed E-state index contributed by atoms with van der Waals surface area (Å²) in [6, 6.07) is 6.39. The molecule has 1 aliphatic rings. The molecule has 1 aliphatic heterocycles. The number of carbonyl (C=O) groups is 1. The Labute approximate surface area is 106 Å². The number of rotatable bonds is 4. The molecule has 0 bridgehead atoms. The van der Waals surface area contributed by atoms with Gasteiger partial charge in [-0.3, -0.25) is 9.69 Å². The van der Waals surface area contributed by atoms with E-state index in [0.717, 1.165) is 18.5 Å². The SMILES string of the molecule is NCC(c1cccc(F)c1)N1CCC(C(N)=O)C1. The van der Waals surface area contributed by atoms with Crippen molar-refractivity contribution in [2.24, 2.45) is 17.4 Å². The standard InChI is InChI=1S/C13H18FN3O/c14-11-3-1-2-9(6-11)12(7-15)17-5-4-10(8-17)13(16)18/h1-3,6,10,12H,4-5,7-8,15H2,(H2,16,18). The van der Waals surface area contributed by atoms with E-state index in [9.17, 15) is 9.18 Å². The molecule has 1 amide bonds. The molecule has 0 spiro atoms. The van der Waals surface area contributed by atoms with Crippen molar-refractivity contribution < 1.29 is 9.18 Å². The van der Waals surface area contributed by atoms with Gasteiger partial charge >= 0.3 is 0 Å². The second kappa shape index (κ2) is 5.46. The average molecular weight is 251 g/mol. The lowest BCUT2D eigenvalue weighted by atomic mass is 10.1. The van der Waals surface area contributed by atoms with Gasteiger partial charge in [0.1, 0.15) is 5.82 Å². The van der Waals surface area contributed by atoms with Crippen molar-refractivity contribution in [3.05, 3.63) is 35.6 Å². The van der Waals surface area contributed by atoms with Gasteiger partial charge < -0.3 is 11.5 Å². The first kappa shape index (κ1) is 13.0. The number of hydrogen-bond donors (Lipinski definition) is 2. The lowest BCUT2D eigenvalue weighted by molar-refractivity contribution is -0.121. The van der Waals surface area contributed by atoms with E-state index in [1.54, 1.807) is 6.07 Å². The minimum absolute atomic E-state index is 0.0509. The Morgan fingerprint density at radius 3 is 2.89 bits per heavy atom. The number of carbonyl (C=O) groups excluding carboxylic acids is 1. The van der Waals surface area contributed by atoms with Crippen LogP contribution in [0.25, 0.3) is 0 Å². The lowest BCUT2D eigenvalue weighted by Crippen LogP contribution is -2.34. The Bertz CT molecular complexity index is 438. The molecule has 18 heavy (non-hydrogen) atoms. The fraction of sp³-hybridized carbons (Fsp3) is 0.462. The van der Waals surface area contributed by atoms with Crippen molar-refractivity contribution >= 4 is 5.91 Å². The topological polar surface area (TPSA) is 72.3 Å². The first-order valence-electron chi connectivity index (χ1n) is 6.10. The smallest absolute Gasteiger partial charge is 0.221 e. The number of likely N-dealkylation sites (tertiary alicyclic amines) is 1. The van der Waals surface area contributed by atoms with E-state index in [4.69, 9.17) is 11.5 Å². The third kappa shape index (κ3) is 2.68. The molecule has 98 valence electrons. The monoisotopic (exact) mass is 251 g/mol. The number of hydrogen-bond acceptors (Lipinski definition) is 3. The number of benzene rings is 1. The summed E-state index contributed by atoms with van der Waals surface area (Å²) in [4.78, 5) is 13.3. The summed E-state index contributed by atoms with van der Waals surface area (Å²) in [6.45, 7) is 1.77. The molecule has 0 radical (unpaired) electrons. The second-order valence-electron chi connectivity index (χ2n) is 4.69. The summed E-state index contributed by atoms with van der Waals surface area (Å²) in [5.74, 6) is -0.656. The van der Waals surface area contributed by atoms with Crippen molar-refractivity contribution in [3.63, 3.8) is 0 Å². The number of nitrogens with zero attached hydrogens (tertiary/aromatic N) is 1. The van der Waals surface area contributed by atoms with Crippen LogP contribution >= 0.6 is 0 Å². The van der Waals surface area contributed by atoms with E-state index in [2.05, 4.69) is 4.90 Å². The highest BCUT2D eigenvalue weighted by Crippen LogP contribution is 2.27. The van der Waals surface area contributed by atoms with Crippen LogP contribution in [0.3, 0.4) is 0 Å². The fourth-order valence-corrected chi connectivity index (χ4v) is 2.51. The van der Waals surface area contributed by atoms with Crippen LogP contribution in [0, 0.1) is 11.7 Å². The maximum absolute atomic E-state index is 13.2. The Morgan fingerprint density at radius 1 is 1.56 bits per heavy atom. The number of amides is 1. The highest BCUT2D eigenvalue weighted by atomic mass is 19.1. The van der Waals surface area contributed by atoms with Gasteiger partial charge in [-0.15, -0.1) is 0 Å². The molecule has 4 N–H and O–H groups in total. The molecular weight excluding hydrogens is 233 g/mol. The van der Waals surface area contributed by atoms with Crippen molar-refractivity contribution in [2.75, 3.05) is 19.6 Å². The molecule has 2 rings (SSSR count). The van der Waals surface area contributed by atoms with Crippen molar-refractivity contribution in [3.8, 4) is 0 Å². The van der Waals surface area contributed by atoms with Gasteiger partial charge in [-0.05, 0) is 30.7 Å². The predicted octanol–water partition coefficient (Wildman–Crippen LogP) is 0.633. The summed E-state index contributed by atoms with van der Waals surface area (Å²) >= 11 is 0. The van der Waals surface area contributed by atoms with Crippen molar-refractivity contribution in [1.29, 1.82) is 0 Å². The summed E-state index contributed by atoms with van der Waals surface area (Å²) in [5.41, 5.74) is 11.9. The predicted molar refractivity (Wildman–Crippen MR) is 67.1 cm³/mol. The summed E-state index contributed by atoms with van der Waals surface area (Å²) in [5, 5.41) is 0. The Hall–Kier alpha value is -1.46. The van der Waals surface area contributed by atoms with Crippen molar-refractivity contribution in [1.82, 2.24) is 4.90 Å². The molecule has 2 unspecified atom stereocenters. The minimum Gasteiger partial charge on any atom is -0.369 e. The van der Waals surface area contributed by atoms with E-state index < -0.39 is 0 Å². The van der Waals surface area contributed by atoms with E-state index in [1.807, 2.05) is 6.07 Å². The number of halogens is 1. The van der Waals surface area contributed by atoms with Crippen molar-refractivity contribution in [2.45, 2.75) is 12.5 Å². The Morgan fingerprint density at radius 2 is 2.33 bits per heavy atom. The number of primary amides is 1. The normalized spacial score (nSPS) is 22.0. The molecule has 4 nitrogen and oxygen atoms in total. The second-order valence-corrected chi connectivity index (χ2v) is 4.69. The maximum Gasteiger partial charge on any atom is 0.221 e. The van der Waals surface area contributed by atoms with Crippen LogP contribution in [0.5, 0.6) is 0 Å². The fourth-order valence-electron chi connectivity index (χ4n) is 2.51. The molecule has 0 saturated carbocycles.